The molecule has 0 aliphatic rings. The van der Waals surface area contributed by atoms with E-state index >= 15 is 0 Å². The number of nitrogens with one attached hydrogen (secondary N) is 1. The summed E-state index contributed by atoms with van der Waals surface area (Å²) in [5, 5.41) is 12.1. The van der Waals surface area contributed by atoms with Crippen molar-refractivity contribution in [2.75, 3.05) is 17.7 Å². The summed E-state index contributed by atoms with van der Waals surface area (Å²) in [5.41, 5.74) is 0.518. The van der Waals surface area contributed by atoms with Crippen LogP contribution in [-0.4, -0.2) is 44.0 Å². The average molecular weight is 488 g/mol. The second-order valence-corrected chi connectivity index (χ2v) is 8.75. The summed E-state index contributed by atoms with van der Waals surface area (Å²) in [6.45, 7) is 9.88. The van der Waals surface area contributed by atoms with Crippen LogP contribution >= 0.6 is 23.1 Å². The topological polar surface area (TPSA) is 108 Å². The molecule has 1 unspecified atom stereocenters. The van der Waals surface area contributed by atoms with Crippen molar-refractivity contribution in [1.82, 2.24) is 19.7 Å². The Hall–Kier alpha value is -3.18. The Bertz CT molecular complexity index is 1110. The molecule has 1 amide bonds. The van der Waals surface area contributed by atoms with Crippen molar-refractivity contribution in [3.05, 3.63) is 59.4 Å². The summed E-state index contributed by atoms with van der Waals surface area (Å²) in [4.78, 5) is 29.0. The van der Waals surface area contributed by atoms with Crippen molar-refractivity contribution in [3.63, 3.8) is 0 Å². The molecule has 33 heavy (non-hydrogen) atoms. The number of rotatable bonds is 11. The second-order valence-electron chi connectivity index (χ2n) is 6.80. The second kappa shape index (κ2) is 11.6. The molecule has 1 N–H and O–H groups in total. The third-order valence-electron chi connectivity index (χ3n) is 4.31. The number of para-hydroxylation sites is 1. The van der Waals surface area contributed by atoms with Crippen LogP contribution in [0.3, 0.4) is 0 Å². The summed E-state index contributed by atoms with van der Waals surface area (Å²) >= 11 is 2.33. The smallest absolute Gasteiger partial charge is 0.350 e. The molecule has 0 aliphatic carbocycles. The van der Waals surface area contributed by atoms with Gasteiger partial charge in [0.05, 0.1) is 18.1 Å². The lowest BCUT2D eigenvalue weighted by atomic mass is 10.3. The highest BCUT2D eigenvalue weighted by atomic mass is 32.2. The van der Waals surface area contributed by atoms with Gasteiger partial charge in [-0.05, 0) is 32.9 Å². The van der Waals surface area contributed by atoms with Crippen LogP contribution in [-0.2, 0) is 16.1 Å². The minimum atomic E-state index is -0.445. The van der Waals surface area contributed by atoms with Crippen LogP contribution in [0.15, 0.2) is 48.1 Å². The molecule has 0 saturated heterocycles. The summed E-state index contributed by atoms with van der Waals surface area (Å²) in [7, 11) is 0. The number of aromatic nitrogens is 4. The van der Waals surface area contributed by atoms with E-state index in [-0.39, 0.29) is 24.4 Å². The number of allylic oxidation sites excluding steroid dienone is 1. The number of thiazole rings is 1. The number of nitrogens with zero attached hydrogens (tertiary/aromatic N) is 4. The van der Waals surface area contributed by atoms with Gasteiger partial charge < -0.3 is 14.8 Å². The first-order chi connectivity index (χ1) is 15.9. The van der Waals surface area contributed by atoms with Crippen molar-refractivity contribution >= 4 is 40.1 Å². The van der Waals surface area contributed by atoms with E-state index < -0.39 is 5.97 Å². The van der Waals surface area contributed by atoms with Gasteiger partial charge >= 0.3 is 5.97 Å². The highest BCUT2D eigenvalue weighted by Gasteiger charge is 2.21. The number of anilines is 1. The maximum absolute atomic E-state index is 12.5. The SMILES string of the molecule is C=CCn1c(SCC(=O)Nc2nc(C)c(C(=O)OCC)s2)nnc1C(C)Oc1ccccc1. The number of aryl methyl sites for hydroxylation is 1. The van der Waals surface area contributed by atoms with Crippen molar-refractivity contribution in [2.24, 2.45) is 0 Å². The Morgan fingerprint density at radius 2 is 2.06 bits per heavy atom. The predicted molar refractivity (Wildman–Crippen MR) is 128 cm³/mol. The zero-order valence-corrected chi connectivity index (χ0v) is 20.2. The van der Waals surface area contributed by atoms with E-state index in [0.29, 0.717) is 33.2 Å². The molecule has 2 aromatic heterocycles. The van der Waals surface area contributed by atoms with E-state index in [9.17, 15) is 9.59 Å². The van der Waals surface area contributed by atoms with E-state index in [1.807, 2.05) is 41.8 Å². The molecule has 11 heteroatoms. The van der Waals surface area contributed by atoms with Crippen LogP contribution in [0.5, 0.6) is 5.75 Å². The lowest BCUT2D eigenvalue weighted by Gasteiger charge is -2.15. The zero-order chi connectivity index (χ0) is 23.8. The molecule has 0 radical (unpaired) electrons. The lowest BCUT2D eigenvalue weighted by Crippen LogP contribution is -2.15. The van der Waals surface area contributed by atoms with Gasteiger partial charge in [0.15, 0.2) is 22.2 Å². The third-order valence-corrected chi connectivity index (χ3v) is 6.33. The van der Waals surface area contributed by atoms with Crippen LogP contribution in [0.25, 0.3) is 0 Å². The first-order valence-corrected chi connectivity index (χ1v) is 12.1. The third kappa shape index (κ3) is 6.42. The van der Waals surface area contributed by atoms with Crippen LogP contribution < -0.4 is 10.1 Å². The Labute approximate surface area is 200 Å². The molecule has 0 fully saturated rings. The van der Waals surface area contributed by atoms with E-state index in [1.165, 1.54) is 11.8 Å². The van der Waals surface area contributed by atoms with Gasteiger partial charge in [-0.25, -0.2) is 9.78 Å². The number of carbonyl (C=O) groups is 2. The maximum Gasteiger partial charge on any atom is 0.350 e. The largest absolute Gasteiger partial charge is 0.483 e. The van der Waals surface area contributed by atoms with E-state index in [0.717, 1.165) is 17.1 Å². The summed E-state index contributed by atoms with van der Waals surface area (Å²) in [6.07, 6.45) is 1.39. The molecule has 2 heterocycles. The number of thioether (sulfide) groups is 1. The number of esters is 1. The number of hydrogen-bond acceptors (Lipinski definition) is 9. The van der Waals surface area contributed by atoms with E-state index in [2.05, 4.69) is 27.1 Å². The van der Waals surface area contributed by atoms with Gasteiger partial charge in [0.25, 0.3) is 0 Å². The molecule has 1 aromatic carbocycles. The van der Waals surface area contributed by atoms with Crippen molar-refractivity contribution < 1.29 is 19.1 Å². The van der Waals surface area contributed by atoms with Gasteiger partial charge in [0, 0.05) is 6.54 Å². The fourth-order valence-electron chi connectivity index (χ4n) is 2.89. The Balaban J connectivity index is 1.64. The highest BCUT2D eigenvalue weighted by molar-refractivity contribution is 7.99. The Morgan fingerprint density at radius 1 is 1.30 bits per heavy atom. The Kier molecular flexibility index (Phi) is 8.61. The normalized spacial score (nSPS) is 11.6. The summed E-state index contributed by atoms with van der Waals surface area (Å²) in [6, 6.07) is 9.46. The molecule has 0 bridgehead atoms. The van der Waals surface area contributed by atoms with Crippen LogP contribution in [0, 0.1) is 6.92 Å². The first kappa shape index (κ1) is 24.5. The molecule has 174 valence electrons. The number of hydrogen-bond donors (Lipinski definition) is 1. The molecule has 3 aromatic rings. The summed E-state index contributed by atoms with van der Waals surface area (Å²) < 4.78 is 12.8. The van der Waals surface area contributed by atoms with Gasteiger partial charge in [-0.1, -0.05) is 47.4 Å². The quantitative estimate of drug-likeness (QED) is 0.243. The molecule has 3 rings (SSSR count). The van der Waals surface area contributed by atoms with Crippen molar-refractivity contribution in [3.8, 4) is 5.75 Å². The number of benzene rings is 1. The van der Waals surface area contributed by atoms with E-state index in [4.69, 9.17) is 9.47 Å². The van der Waals surface area contributed by atoms with Crippen LogP contribution in [0.4, 0.5) is 5.13 Å². The van der Waals surface area contributed by atoms with Crippen LogP contribution in [0.2, 0.25) is 0 Å². The lowest BCUT2D eigenvalue weighted by molar-refractivity contribution is -0.113. The number of ether oxygens (including phenoxy) is 2. The van der Waals surface area contributed by atoms with Gasteiger partial charge in [0.1, 0.15) is 10.6 Å². The Morgan fingerprint density at radius 3 is 2.76 bits per heavy atom. The molecule has 0 spiro atoms. The minimum Gasteiger partial charge on any atom is -0.483 e. The highest BCUT2D eigenvalue weighted by Crippen LogP contribution is 2.26. The first-order valence-electron chi connectivity index (χ1n) is 10.3. The fourth-order valence-corrected chi connectivity index (χ4v) is 4.52. The standard InChI is InChI=1S/C22H25N5O4S2/c1-5-12-27-19(15(4)31-16-10-8-7-9-11-16)25-26-22(27)32-13-17(28)24-21-23-14(3)18(33-21)20(29)30-6-2/h5,7-11,15H,1,6,12-13H2,2-4H3,(H,23,24,28). The van der Waals surface area contributed by atoms with Gasteiger partial charge in [0.2, 0.25) is 5.91 Å². The van der Waals surface area contributed by atoms with Gasteiger partial charge in [-0.2, -0.15) is 0 Å². The molecule has 9 nitrogen and oxygen atoms in total. The fraction of sp³-hybridized carbons (Fsp3) is 0.318. The minimum absolute atomic E-state index is 0.0938. The summed E-state index contributed by atoms with van der Waals surface area (Å²) in [5.74, 6) is 0.743. The monoisotopic (exact) mass is 487 g/mol. The number of amides is 1. The molecular weight excluding hydrogens is 462 g/mol. The molecule has 0 aliphatic heterocycles. The molecule has 1 atom stereocenters. The molecular formula is C22H25N5O4S2. The molecule has 0 saturated carbocycles. The zero-order valence-electron chi connectivity index (χ0n) is 18.6. The number of carbonyl (C=O) groups excluding carboxylic acids is 2. The van der Waals surface area contributed by atoms with Gasteiger partial charge in [-0.15, -0.1) is 16.8 Å². The predicted octanol–water partition coefficient (Wildman–Crippen LogP) is 4.28. The maximum atomic E-state index is 12.5. The van der Waals surface area contributed by atoms with Gasteiger partial charge in [-0.3, -0.25) is 9.36 Å². The van der Waals surface area contributed by atoms with Crippen LogP contribution in [0.1, 0.15) is 41.1 Å². The van der Waals surface area contributed by atoms with Crippen molar-refractivity contribution in [1.29, 1.82) is 0 Å². The van der Waals surface area contributed by atoms with Crippen molar-refractivity contribution in [2.45, 2.75) is 38.6 Å². The van der Waals surface area contributed by atoms with E-state index in [1.54, 1.807) is 19.9 Å². The average Bonchev–Trinajstić information content (AvgIpc) is 3.36.